The second-order valence-corrected chi connectivity index (χ2v) is 6.11. The molecule has 21 heavy (non-hydrogen) atoms. The molecule has 0 unspecified atom stereocenters. The molecule has 1 aromatic carbocycles. The van der Waals surface area contributed by atoms with E-state index in [1.807, 2.05) is 13.0 Å². The number of fused-ring (bicyclic) bond motifs is 1. The van der Waals surface area contributed by atoms with Crippen molar-refractivity contribution >= 4 is 27.1 Å². The Morgan fingerprint density at radius 1 is 1.33 bits per heavy atom. The summed E-state index contributed by atoms with van der Waals surface area (Å²) < 4.78 is 33.3. The van der Waals surface area contributed by atoms with Crippen LogP contribution in [0.4, 0.5) is 6.01 Å². The monoisotopic (exact) mass is 307 g/mol. The van der Waals surface area contributed by atoms with Gasteiger partial charge in [0.15, 0.2) is 5.58 Å². The highest BCUT2D eigenvalue weighted by Crippen LogP contribution is 2.22. The molecule has 0 amide bonds. The quantitative estimate of drug-likeness (QED) is 0.762. The fraction of sp³-hybridized carbons (Fsp3) is 0.154. The van der Waals surface area contributed by atoms with Gasteiger partial charge in [0, 0.05) is 12.1 Å². The molecule has 0 bridgehead atoms. The van der Waals surface area contributed by atoms with Crippen molar-refractivity contribution in [2.45, 2.75) is 18.4 Å². The van der Waals surface area contributed by atoms with E-state index in [0.29, 0.717) is 23.7 Å². The highest BCUT2D eigenvalue weighted by Gasteiger charge is 2.12. The Morgan fingerprint density at radius 2 is 2.14 bits per heavy atom. The van der Waals surface area contributed by atoms with Gasteiger partial charge in [-0.3, -0.25) is 0 Å². The summed E-state index contributed by atoms with van der Waals surface area (Å²) in [4.78, 5) is 4.19. The number of sulfonamides is 1. The molecular formula is C13H13N3O4S. The highest BCUT2D eigenvalue weighted by atomic mass is 32.2. The maximum Gasteiger partial charge on any atom is 0.295 e. The average molecular weight is 307 g/mol. The zero-order chi connectivity index (χ0) is 15.0. The SMILES string of the molecule is Cc1occc1CNc1nc2cc(S(N)(=O)=O)ccc2o1. The van der Waals surface area contributed by atoms with E-state index >= 15 is 0 Å². The van der Waals surface area contributed by atoms with Crippen LogP contribution in [0.1, 0.15) is 11.3 Å². The van der Waals surface area contributed by atoms with Crippen molar-refractivity contribution in [3.05, 3.63) is 41.9 Å². The summed E-state index contributed by atoms with van der Waals surface area (Å²) in [5, 5.41) is 8.10. The van der Waals surface area contributed by atoms with Gasteiger partial charge in [0.2, 0.25) is 10.0 Å². The van der Waals surface area contributed by atoms with E-state index < -0.39 is 10.0 Å². The number of primary sulfonamides is 1. The highest BCUT2D eigenvalue weighted by molar-refractivity contribution is 7.89. The average Bonchev–Trinajstić information content (AvgIpc) is 2.99. The fourth-order valence-electron chi connectivity index (χ4n) is 1.93. The third kappa shape index (κ3) is 2.76. The van der Waals surface area contributed by atoms with Crippen LogP contribution in [0, 0.1) is 6.92 Å². The Balaban J connectivity index is 1.86. The van der Waals surface area contributed by atoms with E-state index in [1.165, 1.54) is 18.2 Å². The fourth-order valence-corrected chi connectivity index (χ4v) is 2.46. The van der Waals surface area contributed by atoms with Gasteiger partial charge in [-0.05, 0) is 31.2 Å². The van der Waals surface area contributed by atoms with Crippen LogP contribution in [0.2, 0.25) is 0 Å². The first-order valence-electron chi connectivity index (χ1n) is 6.14. The van der Waals surface area contributed by atoms with Gasteiger partial charge in [-0.25, -0.2) is 13.6 Å². The lowest BCUT2D eigenvalue weighted by molar-refractivity contribution is 0.530. The molecule has 0 atom stereocenters. The van der Waals surface area contributed by atoms with E-state index in [1.54, 1.807) is 6.26 Å². The lowest BCUT2D eigenvalue weighted by atomic mass is 10.3. The van der Waals surface area contributed by atoms with Gasteiger partial charge in [-0.1, -0.05) is 0 Å². The van der Waals surface area contributed by atoms with Crippen LogP contribution >= 0.6 is 0 Å². The summed E-state index contributed by atoms with van der Waals surface area (Å²) >= 11 is 0. The normalized spacial score (nSPS) is 11.9. The largest absolute Gasteiger partial charge is 0.469 e. The zero-order valence-electron chi connectivity index (χ0n) is 11.2. The van der Waals surface area contributed by atoms with Crippen molar-refractivity contribution in [1.29, 1.82) is 0 Å². The number of furan rings is 1. The van der Waals surface area contributed by atoms with Crippen LogP contribution in [-0.2, 0) is 16.6 Å². The first-order chi connectivity index (χ1) is 9.93. The van der Waals surface area contributed by atoms with Crippen LogP contribution < -0.4 is 10.5 Å². The molecule has 0 aliphatic heterocycles. The van der Waals surface area contributed by atoms with Crippen LogP contribution in [0.5, 0.6) is 0 Å². The third-order valence-corrected chi connectivity index (χ3v) is 3.99. The number of hydrogen-bond acceptors (Lipinski definition) is 6. The molecule has 0 spiro atoms. The molecular weight excluding hydrogens is 294 g/mol. The number of aromatic nitrogens is 1. The van der Waals surface area contributed by atoms with Gasteiger partial charge in [-0.2, -0.15) is 4.98 Å². The maximum absolute atomic E-state index is 11.3. The molecule has 2 heterocycles. The summed E-state index contributed by atoms with van der Waals surface area (Å²) in [7, 11) is -3.75. The molecule has 0 saturated heterocycles. The minimum Gasteiger partial charge on any atom is -0.469 e. The number of nitrogens with zero attached hydrogens (tertiary/aromatic N) is 1. The molecule has 110 valence electrons. The lowest BCUT2D eigenvalue weighted by Crippen LogP contribution is -2.11. The number of anilines is 1. The Hall–Kier alpha value is -2.32. The van der Waals surface area contributed by atoms with Crippen molar-refractivity contribution in [1.82, 2.24) is 4.98 Å². The van der Waals surface area contributed by atoms with Gasteiger partial charge in [-0.15, -0.1) is 0 Å². The Morgan fingerprint density at radius 3 is 2.81 bits per heavy atom. The Kier molecular flexibility index (Phi) is 3.19. The van der Waals surface area contributed by atoms with Crippen LogP contribution in [0.25, 0.3) is 11.1 Å². The summed E-state index contributed by atoms with van der Waals surface area (Å²) in [5.41, 5.74) is 1.89. The van der Waals surface area contributed by atoms with Gasteiger partial charge in [0.25, 0.3) is 6.01 Å². The van der Waals surface area contributed by atoms with Gasteiger partial charge in [0.1, 0.15) is 11.3 Å². The molecule has 0 aliphatic rings. The number of hydrogen-bond donors (Lipinski definition) is 2. The maximum atomic E-state index is 11.3. The molecule has 3 rings (SSSR count). The van der Waals surface area contributed by atoms with E-state index in [0.717, 1.165) is 11.3 Å². The van der Waals surface area contributed by atoms with Crippen LogP contribution in [0.3, 0.4) is 0 Å². The van der Waals surface area contributed by atoms with Gasteiger partial charge in [0.05, 0.1) is 11.2 Å². The van der Waals surface area contributed by atoms with E-state index in [9.17, 15) is 8.42 Å². The summed E-state index contributed by atoms with van der Waals surface area (Å²) in [6.45, 7) is 2.36. The number of oxazole rings is 1. The van der Waals surface area contributed by atoms with Gasteiger partial charge >= 0.3 is 0 Å². The minimum absolute atomic E-state index is 0.000490. The van der Waals surface area contributed by atoms with Crippen molar-refractivity contribution < 1.29 is 17.3 Å². The smallest absolute Gasteiger partial charge is 0.295 e. The topological polar surface area (TPSA) is 111 Å². The predicted molar refractivity (Wildman–Crippen MR) is 76.2 cm³/mol. The molecule has 0 aliphatic carbocycles. The minimum atomic E-state index is -3.75. The molecule has 0 saturated carbocycles. The van der Waals surface area contributed by atoms with Crippen LogP contribution in [0.15, 0.2) is 44.3 Å². The predicted octanol–water partition coefficient (Wildman–Crippen LogP) is 1.99. The number of benzene rings is 1. The van der Waals surface area contributed by atoms with Gasteiger partial charge < -0.3 is 14.2 Å². The first kappa shape index (κ1) is 13.7. The summed E-state index contributed by atoms with van der Waals surface area (Å²) in [6, 6.07) is 6.44. The van der Waals surface area contributed by atoms with Crippen molar-refractivity contribution in [2.75, 3.05) is 5.32 Å². The number of aryl methyl sites for hydroxylation is 1. The molecule has 8 heteroatoms. The molecule has 0 fully saturated rings. The second-order valence-electron chi connectivity index (χ2n) is 4.55. The van der Waals surface area contributed by atoms with Crippen LogP contribution in [-0.4, -0.2) is 13.4 Å². The Labute approximate surface area is 120 Å². The summed E-state index contributed by atoms with van der Waals surface area (Å²) in [5.74, 6) is 0.815. The standard InChI is InChI=1S/C13H13N3O4S/c1-8-9(4-5-19-8)7-15-13-16-11-6-10(21(14,17)18)2-3-12(11)20-13/h2-6H,7H2,1H3,(H,15,16)(H2,14,17,18). The molecule has 0 radical (unpaired) electrons. The molecule has 3 N–H and O–H groups in total. The van der Waals surface area contributed by atoms with Crippen molar-refractivity contribution in [3.63, 3.8) is 0 Å². The molecule has 2 aromatic heterocycles. The second kappa shape index (κ2) is 4.90. The molecule has 3 aromatic rings. The first-order valence-corrected chi connectivity index (χ1v) is 7.68. The van der Waals surface area contributed by atoms with E-state index in [2.05, 4.69) is 10.3 Å². The lowest BCUT2D eigenvalue weighted by Gasteiger charge is -1.99. The van der Waals surface area contributed by atoms with E-state index in [-0.39, 0.29) is 4.90 Å². The zero-order valence-corrected chi connectivity index (χ0v) is 12.0. The molecule has 7 nitrogen and oxygen atoms in total. The number of nitrogens with two attached hydrogens (primary N) is 1. The number of nitrogens with one attached hydrogen (secondary N) is 1. The summed E-state index contributed by atoms with van der Waals surface area (Å²) in [6.07, 6.45) is 1.61. The Bertz CT molecular complexity index is 895. The van der Waals surface area contributed by atoms with Crippen molar-refractivity contribution in [3.8, 4) is 0 Å². The van der Waals surface area contributed by atoms with E-state index in [4.69, 9.17) is 14.0 Å². The van der Waals surface area contributed by atoms with Crippen molar-refractivity contribution in [2.24, 2.45) is 5.14 Å². The number of rotatable bonds is 4. The third-order valence-electron chi connectivity index (χ3n) is 3.08.